The number of carbonyl (C=O) groups excluding carboxylic acids is 4. The maximum absolute atomic E-state index is 13.6. The Bertz CT molecular complexity index is 1180. The van der Waals surface area contributed by atoms with Crippen LogP contribution in [0.5, 0.6) is 0 Å². The molecule has 4 amide bonds. The predicted octanol–water partition coefficient (Wildman–Crippen LogP) is -1.30. The SMILES string of the molecule is CC(C)C[C@H](NC(=O)[C@H](Cc1ccccc1)NC(=O)[C@H](CCCCN)NC(=O)[C@@H](N)CC(=O)O)C(=O)N[C@@H](CC(=O)O)C(=O)O. The number of carbonyl (C=O) groups is 7. The van der Waals surface area contributed by atoms with Crippen molar-refractivity contribution in [3.63, 3.8) is 0 Å². The third-order valence-electron chi connectivity index (χ3n) is 6.56. The molecular weight excluding hydrogens is 592 g/mol. The smallest absolute Gasteiger partial charge is 0.326 e. The van der Waals surface area contributed by atoms with Crippen molar-refractivity contribution in [3.05, 3.63) is 35.9 Å². The first-order valence-corrected chi connectivity index (χ1v) is 14.5. The van der Waals surface area contributed by atoms with Crippen molar-refractivity contribution in [2.45, 2.75) is 89.0 Å². The van der Waals surface area contributed by atoms with Crippen LogP contribution in [0, 0.1) is 5.92 Å². The van der Waals surface area contributed by atoms with E-state index in [1.165, 1.54) is 0 Å². The van der Waals surface area contributed by atoms with Crippen LogP contribution >= 0.6 is 0 Å². The molecule has 0 aliphatic heterocycles. The largest absolute Gasteiger partial charge is 0.481 e. The number of unbranched alkanes of at least 4 members (excludes halogenated alkanes) is 1. The van der Waals surface area contributed by atoms with E-state index >= 15 is 0 Å². The Kier molecular flexibility index (Phi) is 16.8. The Morgan fingerprint density at radius 1 is 0.689 bits per heavy atom. The fourth-order valence-corrected chi connectivity index (χ4v) is 4.27. The average Bonchev–Trinajstić information content (AvgIpc) is 2.95. The number of rotatable bonds is 21. The Hall–Kier alpha value is -4.57. The molecule has 0 aromatic heterocycles. The number of carboxylic acid groups (broad SMARTS) is 3. The summed E-state index contributed by atoms with van der Waals surface area (Å²) in [6.45, 7) is 3.82. The standard InChI is InChI=1S/C29H44N6O10/c1-16(2)12-20(27(42)35-22(29(44)45)15-24(38)39)33-28(43)21(13-17-8-4-3-5-9-17)34-26(41)19(10-6-7-11-30)32-25(40)18(31)14-23(36)37/h3-5,8-9,16,18-22H,6-7,10-15,30-31H2,1-2H3,(H,32,40)(H,33,43)(H,34,41)(H,35,42)(H,36,37)(H,38,39)(H,44,45)/t18-,19-,20-,21-,22-/m0/s1. The van der Waals surface area contributed by atoms with E-state index in [-0.39, 0.29) is 25.2 Å². The Labute approximate surface area is 260 Å². The van der Waals surface area contributed by atoms with E-state index in [4.69, 9.17) is 21.7 Å². The van der Waals surface area contributed by atoms with Gasteiger partial charge < -0.3 is 48.1 Å². The number of carboxylic acids is 3. The third kappa shape index (κ3) is 15.1. The van der Waals surface area contributed by atoms with Crippen LogP contribution in [-0.2, 0) is 40.0 Å². The predicted molar refractivity (Wildman–Crippen MR) is 160 cm³/mol. The number of nitrogens with two attached hydrogens (primary N) is 2. The van der Waals surface area contributed by atoms with Gasteiger partial charge in [0.25, 0.3) is 0 Å². The van der Waals surface area contributed by atoms with E-state index in [1.54, 1.807) is 44.2 Å². The van der Waals surface area contributed by atoms with Gasteiger partial charge in [0.15, 0.2) is 0 Å². The normalized spacial score (nSPS) is 14.2. The van der Waals surface area contributed by atoms with Crippen LogP contribution in [0.1, 0.15) is 57.9 Å². The van der Waals surface area contributed by atoms with Crippen molar-refractivity contribution in [3.8, 4) is 0 Å². The summed E-state index contributed by atoms with van der Waals surface area (Å²) < 4.78 is 0. The number of amides is 4. The zero-order chi connectivity index (χ0) is 34.1. The highest BCUT2D eigenvalue weighted by atomic mass is 16.4. The van der Waals surface area contributed by atoms with Gasteiger partial charge in [0.05, 0.1) is 18.9 Å². The molecule has 0 radical (unpaired) electrons. The van der Waals surface area contributed by atoms with Gasteiger partial charge in [-0.1, -0.05) is 44.2 Å². The minimum Gasteiger partial charge on any atom is -0.481 e. The molecule has 45 heavy (non-hydrogen) atoms. The summed E-state index contributed by atoms with van der Waals surface area (Å²) in [5.74, 6) is -7.85. The summed E-state index contributed by atoms with van der Waals surface area (Å²) in [4.78, 5) is 86.3. The average molecular weight is 637 g/mol. The van der Waals surface area contributed by atoms with Crippen LogP contribution in [0.4, 0.5) is 0 Å². The molecule has 1 rings (SSSR count). The summed E-state index contributed by atoms with van der Waals surface area (Å²) in [7, 11) is 0. The van der Waals surface area contributed by atoms with Gasteiger partial charge in [0.2, 0.25) is 23.6 Å². The highest BCUT2D eigenvalue weighted by Gasteiger charge is 2.33. The van der Waals surface area contributed by atoms with Crippen molar-refractivity contribution < 1.29 is 48.9 Å². The zero-order valence-corrected chi connectivity index (χ0v) is 25.4. The topological polar surface area (TPSA) is 280 Å². The van der Waals surface area contributed by atoms with Crippen molar-refractivity contribution in [1.82, 2.24) is 21.3 Å². The molecule has 0 spiro atoms. The van der Waals surface area contributed by atoms with E-state index < -0.39 is 84.6 Å². The molecule has 0 aliphatic rings. The molecule has 250 valence electrons. The van der Waals surface area contributed by atoms with E-state index in [0.717, 1.165) is 0 Å². The lowest BCUT2D eigenvalue weighted by Crippen LogP contribution is -2.59. The first kappa shape index (κ1) is 38.5. The lowest BCUT2D eigenvalue weighted by atomic mass is 10.00. The Balaban J connectivity index is 3.28. The zero-order valence-electron chi connectivity index (χ0n) is 25.4. The molecule has 5 atom stereocenters. The molecule has 0 heterocycles. The Morgan fingerprint density at radius 2 is 1.20 bits per heavy atom. The molecule has 0 aliphatic carbocycles. The van der Waals surface area contributed by atoms with Crippen molar-refractivity contribution in [2.24, 2.45) is 17.4 Å². The molecule has 0 fully saturated rings. The van der Waals surface area contributed by atoms with Crippen molar-refractivity contribution in [1.29, 1.82) is 0 Å². The highest BCUT2D eigenvalue weighted by Crippen LogP contribution is 2.10. The fourth-order valence-electron chi connectivity index (χ4n) is 4.27. The van der Waals surface area contributed by atoms with Gasteiger partial charge in [-0.05, 0) is 43.7 Å². The Morgan fingerprint density at radius 3 is 1.73 bits per heavy atom. The molecule has 0 saturated heterocycles. The molecular formula is C29H44N6O10. The van der Waals surface area contributed by atoms with Gasteiger partial charge in [-0.15, -0.1) is 0 Å². The van der Waals surface area contributed by atoms with Crippen molar-refractivity contribution in [2.75, 3.05) is 6.54 Å². The van der Waals surface area contributed by atoms with E-state index in [2.05, 4.69) is 21.3 Å². The first-order valence-electron chi connectivity index (χ1n) is 14.5. The monoisotopic (exact) mass is 636 g/mol. The van der Waals surface area contributed by atoms with E-state index in [9.17, 15) is 38.7 Å². The second kappa shape index (κ2) is 19.7. The lowest BCUT2D eigenvalue weighted by molar-refractivity contribution is -0.147. The van der Waals surface area contributed by atoms with E-state index in [1.807, 2.05) is 0 Å². The molecule has 1 aromatic carbocycles. The summed E-state index contributed by atoms with van der Waals surface area (Å²) in [6, 6.07) is 1.67. The molecule has 16 nitrogen and oxygen atoms in total. The maximum atomic E-state index is 13.6. The second-order valence-corrected chi connectivity index (χ2v) is 11.0. The second-order valence-electron chi connectivity index (χ2n) is 11.0. The number of hydrogen-bond acceptors (Lipinski definition) is 9. The van der Waals surface area contributed by atoms with Crippen LogP contribution in [0.2, 0.25) is 0 Å². The van der Waals surface area contributed by atoms with Crippen LogP contribution in [0.25, 0.3) is 0 Å². The van der Waals surface area contributed by atoms with Gasteiger partial charge in [0.1, 0.15) is 24.2 Å². The van der Waals surface area contributed by atoms with Crippen molar-refractivity contribution >= 4 is 41.5 Å². The fraction of sp³-hybridized carbons (Fsp3) is 0.552. The number of aliphatic carboxylic acids is 3. The minimum absolute atomic E-state index is 0.0345. The van der Waals surface area contributed by atoms with Gasteiger partial charge in [0, 0.05) is 6.42 Å². The van der Waals surface area contributed by atoms with Crippen LogP contribution in [0.15, 0.2) is 30.3 Å². The molecule has 0 saturated carbocycles. The lowest BCUT2D eigenvalue weighted by Gasteiger charge is -2.27. The first-order chi connectivity index (χ1) is 21.1. The molecule has 11 N–H and O–H groups in total. The minimum atomic E-state index is -1.74. The molecule has 0 unspecified atom stereocenters. The molecule has 0 bridgehead atoms. The number of nitrogens with one attached hydrogen (secondary N) is 4. The quantitative estimate of drug-likeness (QED) is 0.0712. The summed E-state index contributed by atoms with van der Waals surface area (Å²) in [5, 5.41) is 37.1. The van der Waals surface area contributed by atoms with Crippen LogP contribution in [0.3, 0.4) is 0 Å². The van der Waals surface area contributed by atoms with Gasteiger partial charge in [-0.25, -0.2) is 4.79 Å². The highest BCUT2D eigenvalue weighted by molar-refractivity contribution is 5.96. The molecule has 16 heteroatoms. The summed E-state index contributed by atoms with van der Waals surface area (Å²) in [5.41, 5.74) is 11.9. The molecule has 1 aromatic rings. The summed E-state index contributed by atoms with van der Waals surface area (Å²) in [6.07, 6.45) is -0.502. The maximum Gasteiger partial charge on any atom is 0.326 e. The van der Waals surface area contributed by atoms with Crippen LogP contribution < -0.4 is 32.7 Å². The van der Waals surface area contributed by atoms with E-state index in [0.29, 0.717) is 24.9 Å². The van der Waals surface area contributed by atoms with Gasteiger partial charge >= 0.3 is 17.9 Å². The number of benzene rings is 1. The van der Waals surface area contributed by atoms with Gasteiger partial charge in [-0.3, -0.25) is 28.8 Å². The number of hydrogen-bond donors (Lipinski definition) is 9. The van der Waals surface area contributed by atoms with Gasteiger partial charge in [-0.2, -0.15) is 0 Å². The van der Waals surface area contributed by atoms with Crippen LogP contribution in [-0.4, -0.2) is 93.6 Å². The summed E-state index contributed by atoms with van der Waals surface area (Å²) >= 11 is 0. The third-order valence-corrected chi connectivity index (χ3v) is 6.56.